The molecule has 2 atom stereocenters. The van der Waals surface area contributed by atoms with E-state index in [1.165, 1.54) is 0 Å². The summed E-state index contributed by atoms with van der Waals surface area (Å²) in [4.78, 5) is 0. The Kier molecular flexibility index (Phi) is 3.02. The van der Waals surface area contributed by atoms with Gasteiger partial charge in [0.15, 0.2) is 0 Å². The average molecular weight is 205 g/mol. The van der Waals surface area contributed by atoms with E-state index in [9.17, 15) is 8.78 Å². The van der Waals surface area contributed by atoms with Crippen molar-refractivity contribution >= 4 is 0 Å². The van der Waals surface area contributed by atoms with Gasteiger partial charge in [0.2, 0.25) is 5.92 Å². The minimum absolute atomic E-state index is 0.00347. The Labute approximate surface area is 83.0 Å². The van der Waals surface area contributed by atoms with Crippen molar-refractivity contribution in [2.24, 2.45) is 0 Å². The van der Waals surface area contributed by atoms with Gasteiger partial charge in [-0.3, -0.25) is 0 Å². The summed E-state index contributed by atoms with van der Waals surface area (Å²) in [6.07, 6.45) is 2.54. The third-order valence-electron chi connectivity index (χ3n) is 3.04. The van der Waals surface area contributed by atoms with Crippen molar-refractivity contribution in [1.29, 1.82) is 0 Å². The maximum absolute atomic E-state index is 13.1. The van der Waals surface area contributed by atoms with Gasteiger partial charge < -0.3 is 10.1 Å². The molecule has 1 aliphatic heterocycles. The lowest BCUT2D eigenvalue weighted by Crippen LogP contribution is -2.44. The van der Waals surface area contributed by atoms with Gasteiger partial charge in [0, 0.05) is 31.5 Å². The molecule has 4 heteroatoms. The van der Waals surface area contributed by atoms with Crippen LogP contribution < -0.4 is 5.32 Å². The molecule has 2 fully saturated rings. The topological polar surface area (TPSA) is 21.3 Å². The summed E-state index contributed by atoms with van der Waals surface area (Å²) in [5, 5.41) is 3.27. The molecular weight excluding hydrogens is 188 g/mol. The van der Waals surface area contributed by atoms with Crippen LogP contribution in [0.25, 0.3) is 0 Å². The maximum atomic E-state index is 13.1. The van der Waals surface area contributed by atoms with E-state index in [4.69, 9.17) is 4.74 Å². The highest BCUT2D eigenvalue weighted by molar-refractivity contribution is 4.85. The molecule has 0 bridgehead atoms. The van der Waals surface area contributed by atoms with Crippen LogP contribution in [0.1, 0.15) is 32.1 Å². The molecule has 0 aromatic heterocycles. The van der Waals surface area contributed by atoms with Gasteiger partial charge in [0.25, 0.3) is 0 Å². The zero-order valence-corrected chi connectivity index (χ0v) is 8.27. The molecule has 82 valence electrons. The summed E-state index contributed by atoms with van der Waals surface area (Å²) < 4.78 is 31.3. The molecule has 1 N–H and O–H groups in total. The molecule has 0 amide bonds. The highest BCUT2D eigenvalue weighted by atomic mass is 19.3. The van der Waals surface area contributed by atoms with Crippen molar-refractivity contribution in [1.82, 2.24) is 5.32 Å². The number of halogens is 2. The molecule has 0 radical (unpaired) electrons. The first-order chi connectivity index (χ1) is 6.66. The number of alkyl halides is 2. The minimum Gasteiger partial charge on any atom is -0.380 e. The number of rotatable bonds is 2. The summed E-state index contributed by atoms with van der Waals surface area (Å²) in [6, 6.07) is 0.291. The normalized spacial score (nSPS) is 37.3. The maximum Gasteiger partial charge on any atom is 0.249 e. The Morgan fingerprint density at radius 1 is 1.21 bits per heavy atom. The zero-order chi connectivity index (χ0) is 10.0. The highest BCUT2D eigenvalue weighted by Crippen LogP contribution is 2.33. The van der Waals surface area contributed by atoms with Crippen LogP contribution in [0.3, 0.4) is 0 Å². The molecule has 1 saturated carbocycles. The third-order valence-corrected chi connectivity index (χ3v) is 3.04. The van der Waals surface area contributed by atoms with Gasteiger partial charge in [-0.15, -0.1) is 0 Å². The van der Waals surface area contributed by atoms with Crippen LogP contribution in [0.4, 0.5) is 8.78 Å². The van der Waals surface area contributed by atoms with E-state index in [1.807, 2.05) is 0 Å². The predicted octanol–water partition coefficient (Wildman–Crippen LogP) is 1.94. The molecule has 1 heterocycles. The average Bonchev–Trinajstić information content (AvgIpc) is 2.54. The standard InChI is InChI=1S/C10H17F2NO/c11-10(12)4-1-2-8(6-10)13-9-3-5-14-7-9/h8-9,13H,1-7H2/t8-,9+/m0/s1. The number of ether oxygens (including phenoxy) is 1. The second kappa shape index (κ2) is 4.11. The molecule has 1 aliphatic carbocycles. The molecule has 0 aromatic carbocycles. The Bertz CT molecular complexity index is 193. The van der Waals surface area contributed by atoms with Gasteiger partial charge in [0.05, 0.1) is 6.61 Å². The van der Waals surface area contributed by atoms with Gasteiger partial charge in [-0.25, -0.2) is 8.78 Å². The minimum atomic E-state index is -2.45. The van der Waals surface area contributed by atoms with Crippen LogP contribution in [0, 0.1) is 0 Å². The molecular formula is C10H17F2NO. The van der Waals surface area contributed by atoms with Crippen LogP contribution in [-0.4, -0.2) is 31.2 Å². The third kappa shape index (κ3) is 2.64. The fourth-order valence-electron chi connectivity index (χ4n) is 2.31. The second-order valence-electron chi connectivity index (χ2n) is 4.38. The SMILES string of the molecule is FC1(F)CCC[C@H](N[C@@H]2CCOC2)C1. The fourth-order valence-corrected chi connectivity index (χ4v) is 2.31. The highest BCUT2D eigenvalue weighted by Gasteiger charge is 2.37. The Hall–Kier alpha value is -0.220. The van der Waals surface area contributed by atoms with Crippen molar-refractivity contribution in [2.45, 2.75) is 50.1 Å². The molecule has 2 nitrogen and oxygen atoms in total. The van der Waals surface area contributed by atoms with Crippen molar-refractivity contribution in [3.05, 3.63) is 0 Å². The number of nitrogens with one attached hydrogen (secondary N) is 1. The summed E-state index contributed by atoms with van der Waals surface area (Å²) in [5.74, 6) is -2.45. The Morgan fingerprint density at radius 2 is 2.07 bits per heavy atom. The summed E-state index contributed by atoms with van der Waals surface area (Å²) in [7, 11) is 0. The molecule has 0 spiro atoms. The first-order valence-electron chi connectivity index (χ1n) is 5.37. The molecule has 0 unspecified atom stereocenters. The van der Waals surface area contributed by atoms with E-state index in [2.05, 4.69) is 5.32 Å². The summed E-state index contributed by atoms with van der Waals surface area (Å²) in [5.41, 5.74) is 0. The van der Waals surface area contributed by atoms with E-state index >= 15 is 0 Å². The van der Waals surface area contributed by atoms with Gasteiger partial charge in [-0.05, 0) is 19.3 Å². The van der Waals surface area contributed by atoms with Gasteiger partial charge in [-0.1, -0.05) is 0 Å². The van der Waals surface area contributed by atoms with Crippen molar-refractivity contribution in [2.75, 3.05) is 13.2 Å². The fraction of sp³-hybridized carbons (Fsp3) is 1.00. The Balaban J connectivity index is 1.79. The molecule has 0 aromatic rings. The monoisotopic (exact) mass is 205 g/mol. The van der Waals surface area contributed by atoms with Crippen LogP contribution in [0.2, 0.25) is 0 Å². The summed E-state index contributed by atoms with van der Waals surface area (Å²) in [6.45, 7) is 1.45. The van der Waals surface area contributed by atoms with E-state index in [1.54, 1.807) is 0 Å². The first kappa shape index (κ1) is 10.3. The van der Waals surface area contributed by atoms with E-state index in [0.717, 1.165) is 19.4 Å². The zero-order valence-electron chi connectivity index (χ0n) is 8.27. The van der Waals surface area contributed by atoms with Crippen LogP contribution >= 0.6 is 0 Å². The van der Waals surface area contributed by atoms with Crippen molar-refractivity contribution in [3.63, 3.8) is 0 Å². The van der Waals surface area contributed by atoms with Crippen LogP contribution in [0.15, 0.2) is 0 Å². The van der Waals surface area contributed by atoms with E-state index in [-0.39, 0.29) is 18.9 Å². The second-order valence-corrected chi connectivity index (χ2v) is 4.38. The molecule has 2 rings (SSSR count). The molecule has 2 aliphatic rings. The van der Waals surface area contributed by atoms with Gasteiger partial charge in [-0.2, -0.15) is 0 Å². The first-order valence-corrected chi connectivity index (χ1v) is 5.37. The lowest BCUT2D eigenvalue weighted by atomic mass is 9.91. The number of hydrogen-bond donors (Lipinski definition) is 1. The van der Waals surface area contributed by atoms with Gasteiger partial charge >= 0.3 is 0 Å². The lowest BCUT2D eigenvalue weighted by molar-refractivity contribution is -0.0453. The lowest BCUT2D eigenvalue weighted by Gasteiger charge is -2.31. The quantitative estimate of drug-likeness (QED) is 0.744. The van der Waals surface area contributed by atoms with E-state index < -0.39 is 5.92 Å². The van der Waals surface area contributed by atoms with Crippen molar-refractivity contribution < 1.29 is 13.5 Å². The van der Waals surface area contributed by atoms with Crippen LogP contribution in [-0.2, 0) is 4.74 Å². The van der Waals surface area contributed by atoms with Crippen molar-refractivity contribution in [3.8, 4) is 0 Å². The van der Waals surface area contributed by atoms with E-state index in [0.29, 0.717) is 19.1 Å². The largest absolute Gasteiger partial charge is 0.380 e. The van der Waals surface area contributed by atoms with Crippen LogP contribution in [0.5, 0.6) is 0 Å². The predicted molar refractivity (Wildman–Crippen MR) is 49.6 cm³/mol. The molecule has 1 saturated heterocycles. The summed E-state index contributed by atoms with van der Waals surface area (Å²) >= 11 is 0. The molecule has 14 heavy (non-hydrogen) atoms. The number of hydrogen-bond acceptors (Lipinski definition) is 2. The van der Waals surface area contributed by atoms with Gasteiger partial charge in [0.1, 0.15) is 0 Å². The Morgan fingerprint density at radius 3 is 2.71 bits per heavy atom. The smallest absolute Gasteiger partial charge is 0.249 e.